The van der Waals surface area contributed by atoms with E-state index in [9.17, 15) is 4.79 Å². The molecule has 1 aromatic carbocycles. The lowest BCUT2D eigenvalue weighted by molar-refractivity contribution is -0.119. The largest absolute Gasteiger partial charge is 0.381 e. The van der Waals surface area contributed by atoms with Crippen LogP contribution in [0.5, 0.6) is 0 Å². The van der Waals surface area contributed by atoms with Crippen molar-refractivity contribution in [1.29, 1.82) is 0 Å². The third kappa shape index (κ3) is 5.37. The van der Waals surface area contributed by atoms with Crippen molar-refractivity contribution in [2.24, 2.45) is 11.7 Å². The molecule has 1 atom stereocenters. The second kappa shape index (κ2) is 8.57. The summed E-state index contributed by atoms with van der Waals surface area (Å²) in [6.07, 6.45) is 2.35. The summed E-state index contributed by atoms with van der Waals surface area (Å²) in [7, 11) is 0. The van der Waals surface area contributed by atoms with Gasteiger partial charge >= 0.3 is 0 Å². The standard InChI is InChI=1S/C13H18ClN3O.2ClH/c1-8(7-15)13(18)17-12-6-9(14)2-5-11(12)16-10-3-4-10;;/h2,5-6,8,10,16H,3-4,7,15H2,1H3,(H,17,18);2*1H. The van der Waals surface area contributed by atoms with Crippen LogP contribution in [0.15, 0.2) is 18.2 Å². The second-order valence-electron chi connectivity index (χ2n) is 4.73. The number of hydrogen-bond donors (Lipinski definition) is 3. The summed E-state index contributed by atoms with van der Waals surface area (Å²) in [6, 6.07) is 5.99. The smallest absolute Gasteiger partial charge is 0.228 e. The lowest BCUT2D eigenvalue weighted by Gasteiger charge is -2.15. The molecule has 2 rings (SSSR count). The average molecular weight is 341 g/mol. The highest BCUT2D eigenvalue weighted by Crippen LogP contribution is 2.31. The van der Waals surface area contributed by atoms with Crippen LogP contribution in [-0.2, 0) is 4.79 Å². The van der Waals surface area contributed by atoms with Crippen molar-refractivity contribution in [3.05, 3.63) is 23.2 Å². The number of halogens is 3. The van der Waals surface area contributed by atoms with Crippen LogP contribution >= 0.6 is 36.4 Å². The molecule has 20 heavy (non-hydrogen) atoms. The number of carbonyl (C=O) groups is 1. The molecule has 1 saturated carbocycles. The van der Waals surface area contributed by atoms with Gasteiger partial charge in [-0.15, -0.1) is 24.8 Å². The minimum Gasteiger partial charge on any atom is -0.381 e. The zero-order valence-electron chi connectivity index (χ0n) is 11.2. The van der Waals surface area contributed by atoms with E-state index in [0.29, 0.717) is 17.6 Å². The number of nitrogens with one attached hydrogen (secondary N) is 2. The van der Waals surface area contributed by atoms with Gasteiger partial charge < -0.3 is 16.4 Å². The molecule has 1 aromatic rings. The number of anilines is 2. The minimum absolute atomic E-state index is 0. The van der Waals surface area contributed by atoms with E-state index in [1.165, 1.54) is 12.8 Å². The van der Waals surface area contributed by atoms with Crippen LogP contribution in [0.3, 0.4) is 0 Å². The molecule has 0 aromatic heterocycles. The molecule has 1 fully saturated rings. The van der Waals surface area contributed by atoms with Crippen LogP contribution in [0.2, 0.25) is 5.02 Å². The van der Waals surface area contributed by atoms with Gasteiger partial charge in [0.25, 0.3) is 0 Å². The van der Waals surface area contributed by atoms with Gasteiger partial charge in [-0.05, 0) is 31.0 Å². The first-order valence-corrected chi connectivity index (χ1v) is 6.55. The molecule has 0 heterocycles. The first-order chi connectivity index (χ1) is 8.60. The van der Waals surface area contributed by atoms with Crippen LogP contribution in [0, 0.1) is 5.92 Å². The molecule has 1 unspecified atom stereocenters. The minimum atomic E-state index is -0.210. The van der Waals surface area contributed by atoms with Crippen LogP contribution < -0.4 is 16.4 Å². The fraction of sp³-hybridized carbons (Fsp3) is 0.462. The molecule has 7 heteroatoms. The molecular weight excluding hydrogens is 321 g/mol. The van der Waals surface area contributed by atoms with Gasteiger partial charge in [0.1, 0.15) is 0 Å². The molecule has 1 amide bonds. The van der Waals surface area contributed by atoms with Gasteiger partial charge in [0.15, 0.2) is 0 Å². The van der Waals surface area contributed by atoms with Gasteiger partial charge in [-0.3, -0.25) is 4.79 Å². The maximum absolute atomic E-state index is 11.8. The number of rotatable bonds is 5. The predicted molar refractivity (Wildman–Crippen MR) is 89.4 cm³/mol. The van der Waals surface area contributed by atoms with Crippen molar-refractivity contribution >= 4 is 53.7 Å². The lowest BCUT2D eigenvalue weighted by Crippen LogP contribution is -2.27. The van der Waals surface area contributed by atoms with E-state index >= 15 is 0 Å². The first-order valence-electron chi connectivity index (χ1n) is 6.17. The summed E-state index contributed by atoms with van der Waals surface area (Å²) in [4.78, 5) is 11.8. The molecule has 1 aliphatic rings. The summed E-state index contributed by atoms with van der Waals surface area (Å²) >= 11 is 5.96. The van der Waals surface area contributed by atoms with Crippen molar-refractivity contribution in [3.63, 3.8) is 0 Å². The maximum Gasteiger partial charge on any atom is 0.228 e. The third-order valence-corrected chi connectivity index (χ3v) is 3.21. The van der Waals surface area contributed by atoms with Crippen LogP contribution in [0.25, 0.3) is 0 Å². The van der Waals surface area contributed by atoms with Crippen LogP contribution in [0.4, 0.5) is 11.4 Å². The highest BCUT2D eigenvalue weighted by atomic mass is 35.5. The number of nitrogens with two attached hydrogens (primary N) is 1. The normalized spacial score (nSPS) is 14.6. The van der Waals surface area contributed by atoms with Crippen LogP contribution in [-0.4, -0.2) is 18.5 Å². The Morgan fingerprint density at radius 2 is 2.05 bits per heavy atom. The highest BCUT2D eigenvalue weighted by Gasteiger charge is 2.22. The van der Waals surface area contributed by atoms with Gasteiger partial charge in [0.2, 0.25) is 5.91 Å². The summed E-state index contributed by atoms with van der Waals surface area (Å²) in [5.74, 6) is -0.295. The molecule has 0 saturated heterocycles. The molecule has 0 bridgehead atoms. The van der Waals surface area contributed by atoms with E-state index in [0.717, 1.165) is 11.4 Å². The quantitative estimate of drug-likeness (QED) is 0.770. The Bertz CT molecular complexity index is 452. The third-order valence-electron chi connectivity index (χ3n) is 2.98. The molecule has 114 valence electrons. The number of amides is 1. The van der Waals surface area contributed by atoms with E-state index in [2.05, 4.69) is 10.6 Å². The van der Waals surface area contributed by atoms with E-state index in [1.54, 1.807) is 13.0 Å². The van der Waals surface area contributed by atoms with Crippen molar-refractivity contribution < 1.29 is 4.79 Å². The van der Waals surface area contributed by atoms with Gasteiger partial charge in [-0.25, -0.2) is 0 Å². The van der Waals surface area contributed by atoms with Crippen molar-refractivity contribution in [2.45, 2.75) is 25.8 Å². The maximum atomic E-state index is 11.8. The Morgan fingerprint density at radius 3 is 2.60 bits per heavy atom. The van der Waals surface area contributed by atoms with Crippen LogP contribution in [0.1, 0.15) is 19.8 Å². The Hall–Kier alpha value is -0.680. The van der Waals surface area contributed by atoms with Gasteiger partial charge in [-0.2, -0.15) is 0 Å². The topological polar surface area (TPSA) is 67.2 Å². The molecule has 0 spiro atoms. The van der Waals surface area contributed by atoms with Gasteiger partial charge in [-0.1, -0.05) is 18.5 Å². The zero-order valence-corrected chi connectivity index (χ0v) is 13.6. The van der Waals surface area contributed by atoms with E-state index < -0.39 is 0 Å². The first kappa shape index (κ1) is 19.3. The molecule has 1 aliphatic carbocycles. The number of carbonyl (C=O) groups excluding carboxylic acids is 1. The summed E-state index contributed by atoms with van der Waals surface area (Å²) in [6.45, 7) is 2.13. The Labute approximate surface area is 136 Å². The monoisotopic (exact) mass is 339 g/mol. The second-order valence-corrected chi connectivity index (χ2v) is 5.17. The fourth-order valence-corrected chi connectivity index (χ4v) is 1.73. The van der Waals surface area contributed by atoms with E-state index in [4.69, 9.17) is 17.3 Å². The van der Waals surface area contributed by atoms with Gasteiger partial charge in [0.05, 0.1) is 11.4 Å². The highest BCUT2D eigenvalue weighted by molar-refractivity contribution is 6.31. The number of hydrogen-bond acceptors (Lipinski definition) is 3. The molecular formula is C13H20Cl3N3O. The van der Waals surface area contributed by atoms with Crippen molar-refractivity contribution in [3.8, 4) is 0 Å². The molecule has 4 nitrogen and oxygen atoms in total. The summed E-state index contributed by atoms with van der Waals surface area (Å²) < 4.78 is 0. The SMILES string of the molecule is CC(CN)C(=O)Nc1cc(Cl)ccc1NC1CC1.Cl.Cl. The van der Waals surface area contributed by atoms with Crippen molar-refractivity contribution in [1.82, 2.24) is 0 Å². The zero-order chi connectivity index (χ0) is 13.1. The Morgan fingerprint density at radius 1 is 1.40 bits per heavy atom. The van der Waals surface area contributed by atoms with Crippen molar-refractivity contribution in [2.75, 3.05) is 17.2 Å². The molecule has 4 N–H and O–H groups in total. The average Bonchev–Trinajstić information content (AvgIpc) is 3.15. The number of benzene rings is 1. The van der Waals surface area contributed by atoms with E-state index in [-0.39, 0.29) is 36.6 Å². The molecule has 0 aliphatic heterocycles. The summed E-state index contributed by atoms with van der Waals surface area (Å²) in [5, 5.41) is 6.84. The summed E-state index contributed by atoms with van der Waals surface area (Å²) in [5.41, 5.74) is 7.12. The van der Waals surface area contributed by atoms with Gasteiger partial charge in [0, 0.05) is 23.5 Å². The Kier molecular flexibility index (Phi) is 8.28. The lowest BCUT2D eigenvalue weighted by atomic mass is 10.1. The fourth-order valence-electron chi connectivity index (χ4n) is 1.56. The molecule has 0 radical (unpaired) electrons. The predicted octanol–water partition coefficient (Wildman–Crippen LogP) is 3.29. The Balaban J connectivity index is 0.00000180. The van der Waals surface area contributed by atoms with E-state index in [1.807, 2.05) is 12.1 Å².